The quantitative estimate of drug-likeness (QED) is 0.779. The van der Waals surface area contributed by atoms with E-state index in [2.05, 4.69) is 32.0 Å². The van der Waals surface area contributed by atoms with Crippen LogP contribution in [0.25, 0.3) is 6.08 Å². The van der Waals surface area contributed by atoms with Gasteiger partial charge in [-0.3, -0.25) is 4.79 Å². The molecule has 0 amide bonds. The van der Waals surface area contributed by atoms with Crippen molar-refractivity contribution in [3.05, 3.63) is 63.7 Å². The highest BCUT2D eigenvalue weighted by molar-refractivity contribution is 6.13. The van der Waals surface area contributed by atoms with Gasteiger partial charge in [0.1, 0.15) is 0 Å². The number of ketones is 1. The lowest BCUT2D eigenvalue weighted by Crippen LogP contribution is -2.14. The van der Waals surface area contributed by atoms with E-state index < -0.39 is 0 Å². The molecule has 0 aromatic heterocycles. The first kappa shape index (κ1) is 16.3. The van der Waals surface area contributed by atoms with E-state index in [9.17, 15) is 4.79 Å². The lowest BCUT2D eigenvalue weighted by molar-refractivity contribution is 0.102. The minimum atomic E-state index is 0.0807. The fourth-order valence-electron chi connectivity index (χ4n) is 3.21. The van der Waals surface area contributed by atoms with E-state index in [0.717, 1.165) is 35.1 Å². The van der Waals surface area contributed by atoms with Crippen molar-refractivity contribution in [3.8, 4) is 11.5 Å². The van der Waals surface area contributed by atoms with Crippen LogP contribution in [0.2, 0.25) is 0 Å². The van der Waals surface area contributed by atoms with Crippen LogP contribution in [0, 0.1) is 13.8 Å². The van der Waals surface area contributed by atoms with Gasteiger partial charge in [-0.05, 0) is 61.6 Å². The average Bonchev–Trinajstić information content (AvgIpc) is 2.58. The van der Waals surface area contributed by atoms with Crippen LogP contribution in [0.15, 0.2) is 35.9 Å². The Morgan fingerprint density at radius 2 is 1.67 bits per heavy atom. The van der Waals surface area contributed by atoms with Gasteiger partial charge >= 0.3 is 0 Å². The minimum absolute atomic E-state index is 0.0807. The molecule has 0 spiro atoms. The maximum Gasteiger partial charge on any atom is 0.189 e. The normalized spacial score (nSPS) is 15.3. The van der Waals surface area contributed by atoms with Gasteiger partial charge < -0.3 is 9.47 Å². The Kier molecular flexibility index (Phi) is 4.43. The van der Waals surface area contributed by atoms with Crippen molar-refractivity contribution < 1.29 is 14.3 Å². The maximum atomic E-state index is 12.9. The van der Waals surface area contributed by atoms with Gasteiger partial charge in [0.15, 0.2) is 17.3 Å². The van der Waals surface area contributed by atoms with Crippen molar-refractivity contribution in [2.75, 3.05) is 14.2 Å². The van der Waals surface area contributed by atoms with Crippen LogP contribution in [-0.4, -0.2) is 20.0 Å². The van der Waals surface area contributed by atoms with Gasteiger partial charge in [-0.15, -0.1) is 0 Å². The smallest absolute Gasteiger partial charge is 0.189 e. The molecule has 3 heteroatoms. The lowest BCUT2D eigenvalue weighted by atomic mass is 9.85. The molecule has 1 aliphatic rings. The standard InChI is InChI=1S/C21H22O3/c1-13-5-6-15(14(2)9-13)10-17-8-7-16-11-19(23-3)20(24-4)12-18(16)21(17)22/h5-6,9-12H,7-8H2,1-4H3. The van der Waals surface area contributed by atoms with E-state index in [0.29, 0.717) is 11.5 Å². The van der Waals surface area contributed by atoms with Crippen LogP contribution in [0.3, 0.4) is 0 Å². The monoisotopic (exact) mass is 322 g/mol. The predicted molar refractivity (Wildman–Crippen MR) is 96.1 cm³/mol. The Labute approximate surface area is 142 Å². The Morgan fingerprint density at radius 1 is 0.958 bits per heavy atom. The minimum Gasteiger partial charge on any atom is -0.493 e. The van der Waals surface area contributed by atoms with Crippen molar-refractivity contribution in [1.29, 1.82) is 0 Å². The summed E-state index contributed by atoms with van der Waals surface area (Å²) in [5.74, 6) is 1.35. The first-order valence-electron chi connectivity index (χ1n) is 8.11. The number of hydrogen-bond acceptors (Lipinski definition) is 3. The molecule has 3 rings (SSSR count). The first-order chi connectivity index (χ1) is 11.5. The van der Waals surface area contributed by atoms with E-state index in [1.165, 1.54) is 11.1 Å². The van der Waals surface area contributed by atoms with Crippen LogP contribution in [0.5, 0.6) is 11.5 Å². The molecule has 2 aromatic carbocycles. The second kappa shape index (κ2) is 6.52. The zero-order valence-corrected chi connectivity index (χ0v) is 14.6. The molecule has 0 aliphatic heterocycles. The summed E-state index contributed by atoms with van der Waals surface area (Å²) < 4.78 is 10.7. The van der Waals surface area contributed by atoms with Crippen LogP contribution >= 0.6 is 0 Å². The molecule has 0 saturated heterocycles. The second-order valence-corrected chi connectivity index (χ2v) is 6.22. The Morgan fingerprint density at radius 3 is 2.33 bits per heavy atom. The van der Waals surface area contributed by atoms with E-state index in [1.54, 1.807) is 20.3 Å². The van der Waals surface area contributed by atoms with Crippen molar-refractivity contribution in [1.82, 2.24) is 0 Å². The fourth-order valence-corrected chi connectivity index (χ4v) is 3.21. The van der Waals surface area contributed by atoms with Crippen LogP contribution < -0.4 is 9.47 Å². The number of aryl methyl sites for hydroxylation is 3. The lowest BCUT2D eigenvalue weighted by Gasteiger charge is -2.20. The molecule has 3 nitrogen and oxygen atoms in total. The number of methoxy groups -OCH3 is 2. The number of hydrogen-bond donors (Lipinski definition) is 0. The zero-order valence-electron chi connectivity index (χ0n) is 14.6. The fraction of sp³-hybridized carbons (Fsp3) is 0.286. The van der Waals surface area contributed by atoms with Crippen LogP contribution in [0.4, 0.5) is 0 Å². The number of carbonyl (C=O) groups excluding carboxylic acids is 1. The highest BCUT2D eigenvalue weighted by Gasteiger charge is 2.24. The van der Waals surface area contributed by atoms with Gasteiger partial charge in [0.25, 0.3) is 0 Å². The van der Waals surface area contributed by atoms with Crippen molar-refractivity contribution in [2.24, 2.45) is 0 Å². The third-order valence-corrected chi connectivity index (χ3v) is 4.56. The molecule has 0 fully saturated rings. The number of ether oxygens (including phenoxy) is 2. The Balaban J connectivity index is 2.01. The van der Waals surface area contributed by atoms with Crippen LogP contribution in [-0.2, 0) is 6.42 Å². The SMILES string of the molecule is COc1cc2c(cc1OC)C(=O)C(=Cc1ccc(C)cc1C)CC2. The number of benzene rings is 2. The summed E-state index contributed by atoms with van der Waals surface area (Å²) in [6, 6.07) is 10.0. The molecule has 2 aromatic rings. The molecule has 24 heavy (non-hydrogen) atoms. The molecule has 0 N–H and O–H groups in total. The van der Waals surface area contributed by atoms with Crippen molar-refractivity contribution >= 4 is 11.9 Å². The van der Waals surface area contributed by atoms with Gasteiger partial charge in [-0.2, -0.15) is 0 Å². The summed E-state index contributed by atoms with van der Waals surface area (Å²) in [4.78, 5) is 12.9. The molecular weight excluding hydrogens is 300 g/mol. The molecule has 0 radical (unpaired) electrons. The van der Waals surface area contributed by atoms with Gasteiger partial charge in [0.2, 0.25) is 0 Å². The molecule has 0 atom stereocenters. The van der Waals surface area contributed by atoms with Crippen LogP contribution in [0.1, 0.15) is 39.0 Å². The van der Waals surface area contributed by atoms with E-state index in [-0.39, 0.29) is 5.78 Å². The zero-order chi connectivity index (χ0) is 17.3. The summed E-state index contributed by atoms with van der Waals surface area (Å²) in [7, 11) is 3.20. The van der Waals surface area contributed by atoms with Gasteiger partial charge in [0.05, 0.1) is 14.2 Å². The van der Waals surface area contributed by atoms with E-state index >= 15 is 0 Å². The van der Waals surface area contributed by atoms with E-state index in [4.69, 9.17) is 9.47 Å². The second-order valence-electron chi connectivity index (χ2n) is 6.22. The third kappa shape index (κ3) is 2.94. The first-order valence-corrected chi connectivity index (χ1v) is 8.11. The molecule has 1 aliphatic carbocycles. The molecule has 0 unspecified atom stereocenters. The Hall–Kier alpha value is -2.55. The molecular formula is C21H22O3. The van der Waals surface area contributed by atoms with Gasteiger partial charge in [-0.25, -0.2) is 0 Å². The summed E-state index contributed by atoms with van der Waals surface area (Å²) in [5, 5.41) is 0. The molecule has 0 saturated carbocycles. The number of carbonyl (C=O) groups is 1. The molecule has 0 bridgehead atoms. The summed E-state index contributed by atoms with van der Waals surface area (Å²) in [6.07, 6.45) is 3.60. The number of fused-ring (bicyclic) bond motifs is 1. The largest absolute Gasteiger partial charge is 0.493 e. The van der Waals surface area contributed by atoms with Crippen molar-refractivity contribution in [3.63, 3.8) is 0 Å². The number of rotatable bonds is 3. The Bertz CT molecular complexity index is 831. The predicted octanol–water partition coefficient (Wildman–Crippen LogP) is 4.53. The third-order valence-electron chi connectivity index (χ3n) is 4.56. The summed E-state index contributed by atoms with van der Waals surface area (Å²) in [6.45, 7) is 4.15. The highest BCUT2D eigenvalue weighted by Crippen LogP contribution is 2.36. The van der Waals surface area contributed by atoms with Gasteiger partial charge in [0, 0.05) is 11.1 Å². The van der Waals surface area contributed by atoms with E-state index in [1.807, 2.05) is 12.1 Å². The average molecular weight is 322 g/mol. The number of allylic oxidation sites excluding steroid dienone is 1. The topological polar surface area (TPSA) is 35.5 Å². The van der Waals surface area contributed by atoms with Crippen molar-refractivity contribution in [2.45, 2.75) is 26.7 Å². The number of Topliss-reactive ketones (excluding diaryl/α,β-unsaturated/α-hetero) is 1. The summed E-state index contributed by atoms with van der Waals surface area (Å²) in [5.41, 5.74) is 6.11. The molecule has 124 valence electrons. The maximum absolute atomic E-state index is 12.9. The summed E-state index contributed by atoms with van der Waals surface area (Å²) >= 11 is 0. The molecule has 0 heterocycles. The highest BCUT2D eigenvalue weighted by atomic mass is 16.5. The van der Waals surface area contributed by atoms with Gasteiger partial charge in [-0.1, -0.05) is 23.8 Å².